The van der Waals surface area contributed by atoms with Crippen LogP contribution in [0.4, 0.5) is 10.1 Å². The van der Waals surface area contributed by atoms with Gasteiger partial charge in [-0.3, -0.25) is 9.69 Å². The molecule has 29 heavy (non-hydrogen) atoms. The SMILES string of the molecule is O=C(Cn1nnc(-c2ccc(CN3CCCCC3)cc2)n1)Nc1ccccc1F. The number of halogens is 1. The third-order valence-electron chi connectivity index (χ3n) is 4.95. The summed E-state index contributed by atoms with van der Waals surface area (Å²) in [5, 5.41) is 14.7. The number of para-hydroxylation sites is 1. The highest BCUT2D eigenvalue weighted by atomic mass is 19.1. The van der Waals surface area contributed by atoms with Crippen molar-refractivity contribution in [3.63, 3.8) is 0 Å². The minimum Gasteiger partial charge on any atom is -0.322 e. The molecule has 1 fully saturated rings. The van der Waals surface area contributed by atoms with Gasteiger partial charge in [-0.15, -0.1) is 10.2 Å². The molecule has 3 aromatic rings. The minimum absolute atomic E-state index is 0.127. The van der Waals surface area contributed by atoms with Gasteiger partial charge in [0.2, 0.25) is 11.7 Å². The largest absolute Gasteiger partial charge is 0.322 e. The van der Waals surface area contributed by atoms with E-state index < -0.39 is 11.7 Å². The Kier molecular flexibility index (Phi) is 5.90. The number of hydrogen-bond donors (Lipinski definition) is 1. The molecule has 2 heterocycles. The Hall–Kier alpha value is -3.13. The van der Waals surface area contributed by atoms with Crippen LogP contribution in [0.5, 0.6) is 0 Å². The number of benzene rings is 2. The highest BCUT2D eigenvalue weighted by molar-refractivity contribution is 5.90. The molecule has 150 valence electrons. The van der Waals surface area contributed by atoms with E-state index in [0.717, 1.165) is 25.2 Å². The van der Waals surface area contributed by atoms with Gasteiger partial charge in [-0.1, -0.05) is 42.8 Å². The Morgan fingerprint density at radius 2 is 1.79 bits per heavy atom. The predicted octanol–water partition coefficient (Wildman–Crippen LogP) is 3.10. The van der Waals surface area contributed by atoms with Crippen LogP contribution in [0.15, 0.2) is 48.5 Å². The number of hydrogen-bond acceptors (Lipinski definition) is 5. The minimum atomic E-state index is -0.488. The molecular formula is C21H23FN6O. The van der Waals surface area contributed by atoms with Crippen LogP contribution in [0, 0.1) is 5.82 Å². The van der Waals surface area contributed by atoms with Crippen LogP contribution in [0.25, 0.3) is 11.4 Å². The molecule has 1 saturated heterocycles. The molecule has 1 amide bonds. The van der Waals surface area contributed by atoms with Crippen LogP contribution < -0.4 is 5.32 Å². The first-order chi connectivity index (χ1) is 14.2. The number of piperidine rings is 1. The second kappa shape index (κ2) is 8.91. The maximum absolute atomic E-state index is 13.6. The average molecular weight is 394 g/mol. The van der Waals surface area contributed by atoms with E-state index in [0.29, 0.717) is 5.82 Å². The second-order valence-corrected chi connectivity index (χ2v) is 7.21. The summed E-state index contributed by atoms with van der Waals surface area (Å²) in [6, 6.07) is 14.1. The Labute approximate surface area is 168 Å². The lowest BCUT2D eigenvalue weighted by Crippen LogP contribution is -2.28. The van der Waals surface area contributed by atoms with Gasteiger partial charge < -0.3 is 5.32 Å². The van der Waals surface area contributed by atoms with Crippen molar-refractivity contribution >= 4 is 11.6 Å². The lowest BCUT2D eigenvalue weighted by Gasteiger charge is -2.26. The summed E-state index contributed by atoms with van der Waals surface area (Å²) in [4.78, 5) is 15.8. The average Bonchev–Trinajstić information content (AvgIpc) is 3.19. The first-order valence-electron chi connectivity index (χ1n) is 9.81. The second-order valence-electron chi connectivity index (χ2n) is 7.21. The third kappa shape index (κ3) is 5.03. The molecule has 2 aromatic carbocycles. The van der Waals surface area contributed by atoms with Crippen LogP contribution in [-0.4, -0.2) is 44.1 Å². The predicted molar refractivity (Wildman–Crippen MR) is 107 cm³/mol. The standard InChI is InChI=1S/C21H23FN6O/c22-18-6-2-3-7-19(18)23-20(29)15-28-25-21(24-26-28)17-10-8-16(9-11-17)14-27-12-4-1-5-13-27/h2-3,6-11H,1,4-5,12-15H2,(H,23,29). The van der Waals surface area contributed by atoms with Crippen molar-refractivity contribution in [1.29, 1.82) is 0 Å². The summed E-state index contributed by atoms with van der Waals surface area (Å²) < 4.78 is 13.6. The monoisotopic (exact) mass is 394 g/mol. The molecule has 1 aromatic heterocycles. The van der Waals surface area contributed by atoms with Crippen molar-refractivity contribution in [2.75, 3.05) is 18.4 Å². The molecule has 0 spiro atoms. The van der Waals surface area contributed by atoms with E-state index in [4.69, 9.17) is 0 Å². The number of aromatic nitrogens is 4. The number of nitrogens with zero attached hydrogens (tertiary/aromatic N) is 5. The summed E-state index contributed by atoms with van der Waals surface area (Å²) in [6.07, 6.45) is 3.88. The van der Waals surface area contributed by atoms with Gasteiger partial charge in [0, 0.05) is 12.1 Å². The Morgan fingerprint density at radius 1 is 1.03 bits per heavy atom. The van der Waals surface area contributed by atoms with Gasteiger partial charge in [-0.05, 0) is 48.8 Å². The number of carbonyl (C=O) groups excluding carboxylic acids is 1. The molecule has 0 radical (unpaired) electrons. The molecule has 0 saturated carbocycles. The number of nitrogens with one attached hydrogen (secondary N) is 1. The molecule has 0 aliphatic carbocycles. The molecule has 8 heteroatoms. The number of anilines is 1. The van der Waals surface area contributed by atoms with Gasteiger partial charge in [0.05, 0.1) is 5.69 Å². The van der Waals surface area contributed by atoms with E-state index in [2.05, 4.69) is 37.8 Å². The molecule has 0 unspecified atom stereocenters. The van der Waals surface area contributed by atoms with Crippen molar-refractivity contribution in [1.82, 2.24) is 25.1 Å². The van der Waals surface area contributed by atoms with Gasteiger partial charge in [0.1, 0.15) is 12.4 Å². The van der Waals surface area contributed by atoms with Crippen molar-refractivity contribution in [2.24, 2.45) is 0 Å². The highest BCUT2D eigenvalue weighted by Crippen LogP contribution is 2.18. The number of likely N-dealkylation sites (tertiary alicyclic amines) is 1. The lowest BCUT2D eigenvalue weighted by molar-refractivity contribution is -0.117. The first kappa shape index (κ1) is 19.2. The van der Waals surface area contributed by atoms with Gasteiger partial charge in [-0.2, -0.15) is 4.80 Å². The number of rotatable bonds is 6. The van der Waals surface area contributed by atoms with E-state index in [1.807, 2.05) is 12.1 Å². The molecule has 0 atom stereocenters. The van der Waals surface area contributed by atoms with Crippen LogP contribution in [-0.2, 0) is 17.9 Å². The normalized spacial score (nSPS) is 14.7. The summed E-state index contributed by atoms with van der Waals surface area (Å²) in [6.45, 7) is 3.13. The molecule has 0 bridgehead atoms. The summed E-state index contributed by atoms with van der Waals surface area (Å²) in [5.41, 5.74) is 2.22. The van der Waals surface area contributed by atoms with Gasteiger partial charge >= 0.3 is 0 Å². The quantitative estimate of drug-likeness (QED) is 0.695. The maximum atomic E-state index is 13.6. The van der Waals surface area contributed by atoms with E-state index in [1.165, 1.54) is 41.8 Å². The Bertz CT molecular complexity index is 965. The van der Waals surface area contributed by atoms with Gasteiger partial charge in [0.15, 0.2) is 0 Å². The molecule has 1 aliphatic rings. The molecule has 7 nitrogen and oxygen atoms in total. The van der Waals surface area contributed by atoms with Gasteiger partial charge in [0.25, 0.3) is 0 Å². The zero-order chi connectivity index (χ0) is 20.1. The lowest BCUT2D eigenvalue weighted by atomic mass is 10.1. The smallest absolute Gasteiger partial charge is 0.248 e. The van der Waals surface area contributed by atoms with E-state index in [9.17, 15) is 9.18 Å². The highest BCUT2D eigenvalue weighted by Gasteiger charge is 2.13. The first-order valence-corrected chi connectivity index (χ1v) is 9.81. The van der Waals surface area contributed by atoms with E-state index in [-0.39, 0.29) is 12.2 Å². The van der Waals surface area contributed by atoms with Gasteiger partial charge in [-0.25, -0.2) is 4.39 Å². The number of carbonyl (C=O) groups is 1. The summed E-state index contributed by atoms with van der Waals surface area (Å²) >= 11 is 0. The third-order valence-corrected chi connectivity index (χ3v) is 4.95. The van der Waals surface area contributed by atoms with Crippen LogP contribution in [0.2, 0.25) is 0 Å². The fourth-order valence-corrected chi connectivity index (χ4v) is 3.44. The zero-order valence-corrected chi connectivity index (χ0v) is 16.1. The van der Waals surface area contributed by atoms with Crippen molar-refractivity contribution in [3.05, 3.63) is 59.9 Å². The Morgan fingerprint density at radius 3 is 2.55 bits per heavy atom. The molecule has 4 rings (SSSR count). The number of tetrazole rings is 1. The molecule has 1 N–H and O–H groups in total. The van der Waals surface area contributed by atoms with Crippen LogP contribution in [0.3, 0.4) is 0 Å². The summed E-state index contributed by atoms with van der Waals surface area (Å²) in [5.74, 6) is -0.457. The van der Waals surface area contributed by atoms with Crippen molar-refractivity contribution in [2.45, 2.75) is 32.4 Å². The molecule has 1 aliphatic heterocycles. The van der Waals surface area contributed by atoms with Crippen LogP contribution >= 0.6 is 0 Å². The van der Waals surface area contributed by atoms with Crippen LogP contribution in [0.1, 0.15) is 24.8 Å². The summed E-state index contributed by atoms with van der Waals surface area (Å²) in [7, 11) is 0. The van der Waals surface area contributed by atoms with E-state index in [1.54, 1.807) is 12.1 Å². The fraction of sp³-hybridized carbons (Fsp3) is 0.333. The van der Waals surface area contributed by atoms with Crippen molar-refractivity contribution < 1.29 is 9.18 Å². The molecular weight excluding hydrogens is 371 g/mol. The van der Waals surface area contributed by atoms with Crippen molar-refractivity contribution in [3.8, 4) is 11.4 Å². The topological polar surface area (TPSA) is 75.9 Å². The fourth-order valence-electron chi connectivity index (χ4n) is 3.44. The maximum Gasteiger partial charge on any atom is 0.248 e. The zero-order valence-electron chi connectivity index (χ0n) is 16.1. The number of amides is 1. The van der Waals surface area contributed by atoms with E-state index >= 15 is 0 Å². The Balaban J connectivity index is 1.35.